The fourth-order valence-electron chi connectivity index (χ4n) is 2.09. The minimum atomic E-state index is 0.0957. The first-order valence-corrected chi connectivity index (χ1v) is 5.61. The monoisotopic (exact) mass is 214 g/mol. The highest BCUT2D eigenvalue weighted by Gasteiger charge is 2.16. The molecule has 1 saturated heterocycles. The number of ether oxygens (including phenoxy) is 2. The Morgan fingerprint density at radius 2 is 1.81 bits per heavy atom. The maximum absolute atomic E-state index is 5.69. The Labute approximate surface area is 94.8 Å². The summed E-state index contributed by atoms with van der Waals surface area (Å²) in [6.45, 7) is 2.07. The van der Waals surface area contributed by atoms with Crippen LogP contribution in [0.4, 0.5) is 0 Å². The maximum Gasteiger partial charge on any atom is 0.106 e. The molecule has 0 aliphatic carbocycles. The van der Waals surface area contributed by atoms with E-state index >= 15 is 0 Å². The fourth-order valence-corrected chi connectivity index (χ4v) is 2.09. The van der Waals surface area contributed by atoms with E-state index < -0.39 is 0 Å². The number of hydrogen-bond acceptors (Lipinski definition) is 2. The second kappa shape index (κ2) is 4.24. The van der Waals surface area contributed by atoms with Crippen LogP contribution in [0.2, 0.25) is 0 Å². The van der Waals surface area contributed by atoms with Crippen molar-refractivity contribution in [3.8, 4) is 0 Å². The summed E-state index contributed by atoms with van der Waals surface area (Å²) >= 11 is 0. The molecule has 2 heteroatoms. The first kappa shape index (κ1) is 9.82. The molecule has 82 valence electrons. The Balaban J connectivity index is 1.97. The smallest absolute Gasteiger partial charge is 0.106 e. The van der Waals surface area contributed by atoms with E-state index in [4.69, 9.17) is 9.47 Å². The van der Waals surface area contributed by atoms with Crippen LogP contribution in [0.25, 0.3) is 10.8 Å². The second-order valence-corrected chi connectivity index (χ2v) is 4.04. The highest BCUT2D eigenvalue weighted by molar-refractivity contribution is 5.83. The highest BCUT2D eigenvalue weighted by atomic mass is 16.6. The van der Waals surface area contributed by atoms with E-state index in [0.29, 0.717) is 19.8 Å². The summed E-state index contributed by atoms with van der Waals surface area (Å²) in [5.41, 5.74) is 1.21. The molecule has 16 heavy (non-hydrogen) atoms. The van der Waals surface area contributed by atoms with Crippen LogP contribution in [-0.2, 0) is 9.47 Å². The van der Waals surface area contributed by atoms with Crippen molar-refractivity contribution in [2.75, 3.05) is 19.8 Å². The van der Waals surface area contributed by atoms with Crippen molar-refractivity contribution in [1.82, 2.24) is 0 Å². The maximum atomic E-state index is 5.69. The lowest BCUT2D eigenvalue weighted by Crippen LogP contribution is -2.21. The summed E-state index contributed by atoms with van der Waals surface area (Å²) in [5.74, 6) is 0. The lowest BCUT2D eigenvalue weighted by Gasteiger charge is -2.23. The summed E-state index contributed by atoms with van der Waals surface area (Å²) in [5, 5.41) is 2.53. The van der Waals surface area contributed by atoms with Crippen LogP contribution in [0.5, 0.6) is 0 Å². The third kappa shape index (κ3) is 1.82. The topological polar surface area (TPSA) is 18.5 Å². The predicted molar refractivity (Wildman–Crippen MR) is 63.5 cm³/mol. The molecular weight excluding hydrogens is 200 g/mol. The summed E-state index contributed by atoms with van der Waals surface area (Å²) in [4.78, 5) is 0. The molecule has 3 rings (SSSR count). The summed E-state index contributed by atoms with van der Waals surface area (Å²) in [7, 11) is 0. The summed E-state index contributed by atoms with van der Waals surface area (Å²) in [6.07, 6.45) is 0.0957. The first-order chi connectivity index (χ1) is 7.93. The first-order valence-electron chi connectivity index (χ1n) is 5.61. The van der Waals surface area contributed by atoms with Crippen molar-refractivity contribution in [3.05, 3.63) is 48.0 Å². The van der Waals surface area contributed by atoms with Gasteiger partial charge in [0.2, 0.25) is 0 Å². The van der Waals surface area contributed by atoms with Crippen LogP contribution < -0.4 is 0 Å². The number of hydrogen-bond donors (Lipinski definition) is 0. The molecule has 0 amide bonds. The Morgan fingerprint density at radius 3 is 2.62 bits per heavy atom. The van der Waals surface area contributed by atoms with E-state index in [1.165, 1.54) is 16.3 Å². The van der Waals surface area contributed by atoms with Gasteiger partial charge in [-0.1, -0.05) is 36.4 Å². The zero-order valence-electron chi connectivity index (χ0n) is 9.06. The van der Waals surface area contributed by atoms with Crippen LogP contribution in [0.1, 0.15) is 11.7 Å². The number of rotatable bonds is 1. The van der Waals surface area contributed by atoms with Crippen LogP contribution in [0.3, 0.4) is 0 Å². The van der Waals surface area contributed by atoms with Crippen molar-refractivity contribution in [1.29, 1.82) is 0 Å². The molecule has 0 spiro atoms. The molecule has 2 nitrogen and oxygen atoms in total. The Morgan fingerprint density at radius 1 is 0.938 bits per heavy atom. The normalized spacial score (nSPS) is 21.1. The van der Waals surface area contributed by atoms with Gasteiger partial charge in [-0.15, -0.1) is 0 Å². The van der Waals surface area contributed by atoms with E-state index in [2.05, 4.69) is 42.5 Å². The molecule has 0 radical (unpaired) electrons. The van der Waals surface area contributed by atoms with Gasteiger partial charge in [0.25, 0.3) is 0 Å². The summed E-state index contributed by atoms with van der Waals surface area (Å²) in [6, 6.07) is 14.8. The average molecular weight is 214 g/mol. The Kier molecular flexibility index (Phi) is 2.60. The van der Waals surface area contributed by atoms with E-state index in [9.17, 15) is 0 Å². The number of benzene rings is 2. The molecule has 0 aromatic heterocycles. The second-order valence-electron chi connectivity index (χ2n) is 4.04. The van der Waals surface area contributed by atoms with Gasteiger partial charge >= 0.3 is 0 Å². The largest absolute Gasteiger partial charge is 0.376 e. The molecule has 0 bridgehead atoms. The Bertz CT molecular complexity index is 487. The molecule has 0 N–H and O–H groups in total. The average Bonchev–Trinajstić information content (AvgIpc) is 2.39. The fraction of sp³-hybridized carbons (Fsp3) is 0.286. The van der Waals surface area contributed by atoms with Gasteiger partial charge in [0.05, 0.1) is 19.8 Å². The van der Waals surface area contributed by atoms with Crippen LogP contribution >= 0.6 is 0 Å². The number of fused-ring (bicyclic) bond motifs is 1. The van der Waals surface area contributed by atoms with Gasteiger partial charge in [-0.05, 0) is 22.4 Å². The minimum Gasteiger partial charge on any atom is -0.376 e. The zero-order valence-corrected chi connectivity index (χ0v) is 9.06. The van der Waals surface area contributed by atoms with Crippen molar-refractivity contribution in [3.63, 3.8) is 0 Å². The summed E-state index contributed by atoms with van der Waals surface area (Å²) < 4.78 is 11.1. The molecule has 1 atom stereocenters. The predicted octanol–water partition coefficient (Wildman–Crippen LogP) is 2.93. The van der Waals surface area contributed by atoms with Crippen LogP contribution in [0, 0.1) is 0 Å². The van der Waals surface area contributed by atoms with Crippen molar-refractivity contribution in [2.24, 2.45) is 0 Å². The lowest BCUT2D eigenvalue weighted by atomic mass is 10.0. The molecular formula is C14H14O2. The molecule has 2 aromatic carbocycles. The molecule has 2 aromatic rings. The zero-order chi connectivity index (χ0) is 10.8. The van der Waals surface area contributed by atoms with Crippen molar-refractivity contribution < 1.29 is 9.47 Å². The molecule has 1 unspecified atom stereocenters. The van der Waals surface area contributed by atoms with Gasteiger partial charge in [-0.25, -0.2) is 0 Å². The van der Waals surface area contributed by atoms with Crippen LogP contribution in [0.15, 0.2) is 42.5 Å². The van der Waals surface area contributed by atoms with Gasteiger partial charge < -0.3 is 9.47 Å². The third-order valence-corrected chi connectivity index (χ3v) is 2.96. The molecule has 1 heterocycles. The van der Waals surface area contributed by atoms with E-state index in [1.54, 1.807) is 0 Å². The quantitative estimate of drug-likeness (QED) is 0.726. The third-order valence-electron chi connectivity index (χ3n) is 2.96. The highest BCUT2D eigenvalue weighted by Crippen LogP contribution is 2.24. The van der Waals surface area contributed by atoms with Gasteiger partial charge in [-0.2, -0.15) is 0 Å². The van der Waals surface area contributed by atoms with E-state index in [0.717, 1.165) is 0 Å². The lowest BCUT2D eigenvalue weighted by molar-refractivity contribution is -0.0901. The molecule has 0 saturated carbocycles. The molecule has 1 fully saturated rings. The van der Waals surface area contributed by atoms with Gasteiger partial charge in [0.1, 0.15) is 6.10 Å². The molecule has 1 aliphatic rings. The van der Waals surface area contributed by atoms with Gasteiger partial charge in [0, 0.05) is 0 Å². The standard InChI is InChI=1S/C14H14O2/c1-2-4-12-9-13(6-5-11(12)3-1)14-10-15-7-8-16-14/h1-6,9,14H,7-8,10H2. The SMILES string of the molecule is c1ccc2cc(C3COCCO3)ccc2c1. The molecule has 1 aliphatic heterocycles. The van der Waals surface area contributed by atoms with E-state index in [-0.39, 0.29) is 6.10 Å². The minimum absolute atomic E-state index is 0.0957. The van der Waals surface area contributed by atoms with Crippen LogP contribution in [-0.4, -0.2) is 19.8 Å². The Hall–Kier alpha value is -1.38. The van der Waals surface area contributed by atoms with E-state index in [1.807, 2.05) is 0 Å². The van der Waals surface area contributed by atoms with Gasteiger partial charge in [-0.3, -0.25) is 0 Å². The van der Waals surface area contributed by atoms with Crippen molar-refractivity contribution in [2.45, 2.75) is 6.10 Å². The van der Waals surface area contributed by atoms with Crippen molar-refractivity contribution >= 4 is 10.8 Å². The van der Waals surface area contributed by atoms with Gasteiger partial charge in [0.15, 0.2) is 0 Å².